The summed E-state index contributed by atoms with van der Waals surface area (Å²) in [4.78, 5) is 19.6. The van der Waals surface area contributed by atoms with Crippen molar-refractivity contribution in [2.24, 2.45) is 5.41 Å². The fourth-order valence-electron chi connectivity index (χ4n) is 1.16. The smallest absolute Gasteiger partial charge is 0.316 e. The number of aromatic nitrogens is 2. The largest absolute Gasteiger partial charge is 0.467 e. The van der Waals surface area contributed by atoms with E-state index in [0.29, 0.717) is 19.0 Å². The molecule has 5 heteroatoms. The third-order valence-electron chi connectivity index (χ3n) is 2.24. The van der Waals surface area contributed by atoms with Gasteiger partial charge in [-0.2, -0.15) is 0 Å². The summed E-state index contributed by atoms with van der Waals surface area (Å²) < 4.78 is 4.86. The molecule has 0 radical (unpaired) electrons. The molecule has 0 saturated carbocycles. The Morgan fingerprint density at radius 2 is 1.94 bits per heavy atom. The maximum absolute atomic E-state index is 11.6. The Balaban J connectivity index is 2.38. The molecule has 0 aliphatic carbocycles. The molecular formula is C12H19N3O2. The standard InChI is InChI=1S/C12H19N3O2/c1-12(2,3)10(16)13-6-5-9-7-14-11(17-4)15-8-9/h7-8H,5-6H2,1-4H3,(H,13,16). The molecule has 0 saturated heterocycles. The Kier molecular flexibility index (Phi) is 4.43. The predicted octanol–water partition coefficient (Wildman–Crippen LogP) is 1.19. The topological polar surface area (TPSA) is 64.1 Å². The monoisotopic (exact) mass is 237 g/mol. The van der Waals surface area contributed by atoms with Gasteiger partial charge in [0.1, 0.15) is 0 Å². The zero-order chi connectivity index (χ0) is 12.9. The number of hydrogen-bond donors (Lipinski definition) is 1. The van der Waals surface area contributed by atoms with Crippen LogP contribution < -0.4 is 10.1 Å². The number of ether oxygens (including phenoxy) is 1. The average molecular weight is 237 g/mol. The van der Waals surface area contributed by atoms with Gasteiger partial charge in [-0.1, -0.05) is 20.8 Å². The second-order valence-corrected chi connectivity index (χ2v) is 4.83. The van der Waals surface area contributed by atoms with Gasteiger partial charge in [0, 0.05) is 24.4 Å². The van der Waals surface area contributed by atoms with Crippen LogP contribution in [-0.4, -0.2) is 29.5 Å². The Morgan fingerprint density at radius 1 is 1.35 bits per heavy atom. The lowest BCUT2D eigenvalue weighted by molar-refractivity contribution is -0.128. The molecule has 0 unspecified atom stereocenters. The van der Waals surface area contributed by atoms with Gasteiger partial charge in [0.25, 0.3) is 0 Å². The van der Waals surface area contributed by atoms with E-state index in [1.54, 1.807) is 12.4 Å². The molecule has 1 aromatic heterocycles. The molecule has 1 aromatic rings. The molecule has 17 heavy (non-hydrogen) atoms. The number of carbonyl (C=O) groups excluding carboxylic acids is 1. The van der Waals surface area contributed by atoms with Gasteiger partial charge in [0.05, 0.1) is 7.11 Å². The Hall–Kier alpha value is -1.65. The van der Waals surface area contributed by atoms with E-state index in [9.17, 15) is 4.79 Å². The molecule has 0 aliphatic heterocycles. The maximum Gasteiger partial charge on any atom is 0.316 e. The van der Waals surface area contributed by atoms with Crippen molar-refractivity contribution in [1.82, 2.24) is 15.3 Å². The van der Waals surface area contributed by atoms with Crippen LogP contribution in [0.15, 0.2) is 12.4 Å². The minimum atomic E-state index is -0.351. The Bertz CT molecular complexity index is 368. The Labute approximate surface area is 102 Å². The van der Waals surface area contributed by atoms with Crippen LogP contribution in [0.2, 0.25) is 0 Å². The van der Waals surface area contributed by atoms with Crippen LogP contribution in [0, 0.1) is 5.41 Å². The zero-order valence-electron chi connectivity index (χ0n) is 10.8. The van der Waals surface area contributed by atoms with Crippen molar-refractivity contribution in [2.45, 2.75) is 27.2 Å². The quantitative estimate of drug-likeness (QED) is 0.854. The molecule has 94 valence electrons. The first kappa shape index (κ1) is 13.4. The van der Waals surface area contributed by atoms with Gasteiger partial charge >= 0.3 is 6.01 Å². The van der Waals surface area contributed by atoms with Crippen molar-refractivity contribution in [1.29, 1.82) is 0 Å². The fourth-order valence-corrected chi connectivity index (χ4v) is 1.16. The summed E-state index contributed by atoms with van der Waals surface area (Å²) >= 11 is 0. The van der Waals surface area contributed by atoms with E-state index in [0.717, 1.165) is 5.56 Å². The molecule has 1 N–H and O–H groups in total. The predicted molar refractivity (Wildman–Crippen MR) is 64.8 cm³/mol. The molecule has 0 aliphatic rings. The lowest BCUT2D eigenvalue weighted by Crippen LogP contribution is -2.35. The van der Waals surface area contributed by atoms with Crippen LogP contribution >= 0.6 is 0 Å². The third kappa shape index (κ3) is 4.38. The van der Waals surface area contributed by atoms with E-state index in [1.165, 1.54) is 7.11 Å². The van der Waals surface area contributed by atoms with Crippen molar-refractivity contribution in [3.63, 3.8) is 0 Å². The van der Waals surface area contributed by atoms with Gasteiger partial charge in [-0.25, -0.2) is 9.97 Å². The van der Waals surface area contributed by atoms with Crippen molar-refractivity contribution in [3.05, 3.63) is 18.0 Å². The van der Waals surface area contributed by atoms with Crippen molar-refractivity contribution >= 4 is 5.91 Å². The van der Waals surface area contributed by atoms with Crippen LogP contribution in [0.1, 0.15) is 26.3 Å². The Morgan fingerprint density at radius 3 is 2.41 bits per heavy atom. The van der Waals surface area contributed by atoms with Gasteiger partial charge < -0.3 is 10.1 Å². The number of carbonyl (C=O) groups is 1. The van der Waals surface area contributed by atoms with E-state index >= 15 is 0 Å². The summed E-state index contributed by atoms with van der Waals surface area (Å²) in [5.41, 5.74) is 0.621. The first-order chi connectivity index (χ1) is 7.93. The van der Waals surface area contributed by atoms with E-state index in [1.807, 2.05) is 20.8 Å². The van der Waals surface area contributed by atoms with Gasteiger partial charge in [0.2, 0.25) is 5.91 Å². The molecule has 1 heterocycles. The molecule has 5 nitrogen and oxygen atoms in total. The molecule has 0 spiro atoms. The van der Waals surface area contributed by atoms with E-state index in [4.69, 9.17) is 4.74 Å². The van der Waals surface area contributed by atoms with Crippen LogP contribution in [0.25, 0.3) is 0 Å². The summed E-state index contributed by atoms with van der Waals surface area (Å²) in [6.07, 6.45) is 4.12. The second kappa shape index (κ2) is 5.61. The fraction of sp³-hybridized carbons (Fsp3) is 0.583. The van der Waals surface area contributed by atoms with Gasteiger partial charge in [-0.05, 0) is 12.0 Å². The number of amides is 1. The van der Waals surface area contributed by atoms with E-state index in [2.05, 4.69) is 15.3 Å². The van der Waals surface area contributed by atoms with Crippen LogP contribution in [0.3, 0.4) is 0 Å². The van der Waals surface area contributed by atoms with E-state index < -0.39 is 0 Å². The minimum absolute atomic E-state index is 0.0481. The highest BCUT2D eigenvalue weighted by Crippen LogP contribution is 2.12. The average Bonchev–Trinajstić information content (AvgIpc) is 2.28. The van der Waals surface area contributed by atoms with Crippen molar-refractivity contribution < 1.29 is 9.53 Å². The minimum Gasteiger partial charge on any atom is -0.467 e. The summed E-state index contributed by atoms with van der Waals surface area (Å²) in [6.45, 7) is 6.25. The number of nitrogens with one attached hydrogen (secondary N) is 1. The number of nitrogens with zero attached hydrogens (tertiary/aromatic N) is 2. The highest BCUT2D eigenvalue weighted by molar-refractivity contribution is 5.81. The summed E-state index contributed by atoms with van der Waals surface area (Å²) in [5, 5.41) is 2.87. The molecule has 0 fully saturated rings. The number of methoxy groups -OCH3 is 1. The highest BCUT2D eigenvalue weighted by atomic mass is 16.5. The lowest BCUT2D eigenvalue weighted by atomic mass is 9.96. The van der Waals surface area contributed by atoms with Gasteiger partial charge in [0.15, 0.2) is 0 Å². The number of hydrogen-bond acceptors (Lipinski definition) is 4. The number of rotatable bonds is 4. The third-order valence-corrected chi connectivity index (χ3v) is 2.24. The van der Waals surface area contributed by atoms with Crippen LogP contribution in [0.4, 0.5) is 0 Å². The first-order valence-corrected chi connectivity index (χ1v) is 5.56. The molecule has 1 amide bonds. The SMILES string of the molecule is COc1ncc(CCNC(=O)C(C)(C)C)cn1. The summed E-state index contributed by atoms with van der Waals surface area (Å²) in [6, 6.07) is 0.354. The molecule has 0 bridgehead atoms. The van der Waals surface area contributed by atoms with Crippen LogP contribution in [0.5, 0.6) is 6.01 Å². The van der Waals surface area contributed by atoms with Gasteiger partial charge in [-0.15, -0.1) is 0 Å². The van der Waals surface area contributed by atoms with E-state index in [-0.39, 0.29) is 11.3 Å². The second-order valence-electron chi connectivity index (χ2n) is 4.83. The lowest BCUT2D eigenvalue weighted by Gasteiger charge is -2.17. The van der Waals surface area contributed by atoms with Crippen molar-refractivity contribution in [2.75, 3.05) is 13.7 Å². The summed E-state index contributed by atoms with van der Waals surface area (Å²) in [5.74, 6) is 0.0481. The molecule has 0 aromatic carbocycles. The summed E-state index contributed by atoms with van der Waals surface area (Å²) in [7, 11) is 1.53. The first-order valence-electron chi connectivity index (χ1n) is 5.56. The maximum atomic E-state index is 11.6. The molecule has 0 atom stereocenters. The normalized spacial score (nSPS) is 11.1. The zero-order valence-corrected chi connectivity index (χ0v) is 10.8. The van der Waals surface area contributed by atoms with Crippen molar-refractivity contribution in [3.8, 4) is 6.01 Å². The van der Waals surface area contributed by atoms with Crippen LogP contribution in [-0.2, 0) is 11.2 Å². The molecule has 1 rings (SSSR count). The molecular weight excluding hydrogens is 218 g/mol. The highest BCUT2D eigenvalue weighted by Gasteiger charge is 2.20. The van der Waals surface area contributed by atoms with Gasteiger partial charge in [-0.3, -0.25) is 4.79 Å².